The van der Waals surface area contributed by atoms with Crippen molar-refractivity contribution in [3.63, 3.8) is 0 Å². The number of hydrogen-bond acceptors (Lipinski definition) is 5. The van der Waals surface area contributed by atoms with Crippen molar-refractivity contribution in [2.45, 2.75) is 0 Å². The maximum absolute atomic E-state index is 8.71. The Balaban J connectivity index is 2.72. The van der Waals surface area contributed by atoms with Crippen LogP contribution in [0.1, 0.15) is 0 Å². The third-order valence-electron chi connectivity index (χ3n) is 2.18. The molecule has 0 unspecified atom stereocenters. The van der Waals surface area contributed by atoms with Crippen LogP contribution in [0.15, 0.2) is 35.6 Å². The molecule has 0 radical (unpaired) electrons. The van der Waals surface area contributed by atoms with E-state index in [2.05, 4.69) is 0 Å². The minimum absolute atomic E-state index is 0.0271. The van der Waals surface area contributed by atoms with Crippen molar-refractivity contribution in [1.29, 1.82) is 10.5 Å². The highest BCUT2D eigenvalue weighted by Gasteiger charge is 2.07. The average molecular weight is 244 g/mol. The Bertz CT molecular complexity index is 491. The van der Waals surface area contributed by atoms with Crippen molar-refractivity contribution < 1.29 is 14.2 Å². The van der Waals surface area contributed by atoms with Gasteiger partial charge in [0.2, 0.25) is 0 Å². The van der Waals surface area contributed by atoms with Gasteiger partial charge in [-0.1, -0.05) is 0 Å². The van der Waals surface area contributed by atoms with Crippen LogP contribution < -0.4 is 9.47 Å². The minimum atomic E-state index is -0.0917. The lowest BCUT2D eigenvalue weighted by Crippen LogP contribution is -2.05. The molecule has 0 saturated carbocycles. The molecule has 5 heteroatoms. The predicted molar refractivity (Wildman–Crippen MR) is 63.8 cm³/mol. The van der Waals surface area contributed by atoms with Crippen molar-refractivity contribution in [1.82, 2.24) is 0 Å². The van der Waals surface area contributed by atoms with Crippen LogP contribution in [0.4, 0.5) is 0 Å². The largest absolute Gasteiger partial charge is 0.497 e. The van der Waals surface area contributed by atoms with E-state index in [0.717, 1.165) is 5.75 Å². The van der Waals surface area contributed by atoms with E-state index in [1.807, 2.05) is 0 Å². The molecule has 18 heavy (non-hydrogen) atoms. The SMILES string of the molecule is COC(COc1ccc(OC)cc1)=C(C#N)C#N. The molecule has 0 atom stereocenters. The van der Waals surface area contributed by atoms with Gasteiger partial charge in [0.15, 0.2) is 11.3 Å². The van der Waals surface area contributed by atoms with E-state index in [0.29, 0.717) is 5.75 Å². The van der Waals surface area contributed by atoms with Gasteiger partial charge in [-0.2, -0.15) is 10.5 Å². The highest BCUT2D eigenvalue weighted by atomic mass is 16.5. The van der Waals surface area contributed by atoms with Gasteiger partial charge in [0.05, 0.1) is 14.2 Å². The smallest absolute Gasteiger partial charge is 0.170 e. The first-order chi connectivity index (χ1) is 8.74. The highest BCUT2D eigenvalue weighted by molar-refractivity contribution is 5.38. The summed E-state index contributed by atoms with van der Waals surface area (Å²) in [5, 5.41) is 17.4. The van der Waals surface area contributed by atoms with Crippen LogP contribution in [0.5, 0.6) is 11.5 Å². The van der Waals surface area contributed by atoms with Crippen molar-refractivity contribution >= 4 is 0 Å². The zero-order valence-corrected chi connectivity index (χ0v) is 10.1. The van der Waals surface area contributed by atoms with Crippen molar-refractivity contribution in [2.24, 2.45) is 0 Å². The lowest BCUT2D eigenvalue weighted by atomic mass is 10.3. The minimum Gasteiger partial charge on any atom is -0.497 e. The van der Waals surface area contributed by atoms with Gasteiger partial charge >= 0.3 is 0 Å². The second kappa shape index (κ2) is 6.82. The first-order valence-corrected chi connectivity index (χ1v) is 5.09. The monoisotopic (exact) mass is 244 g/mol. The molecule has 1 aromatic carbocycles. The molecule has 0 spiro atoms. The number of rotatable bonds is 5. The maximum atomic E-state index is 8.71. The van der Waals surface area contributed by atoms with E-state index < -0.39 is 0 Å². The van der Waals surface area contributed by atoms with Crippen molar-refractivity contribution in [3.05, 3.63) is 35.6 Å². The average Bonchev–Trinajstić information content (AvgIpc) is 2.44. The molecular formula is C13H12N2O3. The molecule has 0 bridgehead atoms. The van der Waals surface area contributed by atoms with Crippen LogP contribution in [0.25, 0.3) is 0 Å². The van der Waals surface area contributed by atoms with E-state index in [1.54, 1.807) is 43.5 Å². The van der Waals surface area contributed by atoms with Crippen molar-refractivity contribution in [2.75, 3.05) is 20.8 Å². The highest BCUT2D eigenvalue weighted by Crippen LogP contribution is 2.18. The Kier molecular flexibility index (Phi) is 5.08. The van der Waals surface area contributed by atoms with E-state index in [1.165, 1.54) is 7.11 Å². The van der Waals surface area contributed by atoms with Gasteiger partial charge in [-0.05, 0) is 24.3 Å². The summed E-state index contributed by atoms with van der Waals surface area (Å²) in [6.07, 6.45) is 0. The Labute approximate surface area is 105 Å². The van der Waals surface area contributed by atoms with Gasteiger partial charge in [-0.25, -0.2) is 0 Å². The standard InChI is InChI=1S/C13H12N2O3/c1-16-11-3-5-12(6-4-11)18-9-13(17-2)10(7-14)8-15/h3-6H,9H2,1-2H3. The van der Waals surface area contributed by atoms with Crippen LogP contribution in [0.2, 0.25) is 0 Å². The topological polar surface area (TPSA) is 75.3 Å². The van der Waals surface area contributed by atoms with E-state index in [4.69, 9.17) is 24.7 Å². The summed E-state index contributed by atoms with van der Waals surface area (Å²) in [6.45, 7) is 0.0271. The third-order valence-corrected chi connectivity index (χ3v) is 2.18. The molecule has 0 N–H and O–H groups in total. The number of hydrogen-bond donors (Lipinski definition) is 0. The van der Waals surface area contributed by atoms with Crippen LogP contribution in [0, 0.1) is 22.7 Å². The van der Waals surface area contributed by atoms with Crippen LogP contribution in [-0.4, -0.2) is 20.8 Å². The van der Waals surface area contributed by atoms with E-state index in [9.17, 15) is 0 Å². The Morgan fingerprint density at radius 2 is 1.61 bits per heavy atom. The second-order valence-corrected chi connectivity index (χ2v) is 3.19. The van der Waals surface area contributed by atoms with Crippen LogP contribution >= 0.6 is 0 Å². The lowest BCUT2D eigenvalue weighted by molar-refractivity contribution is 0.217. The Hall–Kier alpha value is -2.66. The summed E-state index contributed by atoms with van der Waals surface area (Å²) in [7, 11) is 2.97. The van der Waals surface area contributed by atoms with E-state index >= 15 is 0 Å². The Morgan fingerprint density at radius 3 is 2.06 bits per heavy atom. The summed E-state index contributed by atoms with van der Waals surface area (Å²) in [5.41, 5.74) is -0.0917. The van der Waals surface area contributed by atoms with Gasteiger partial charge in [0.25, 0.3) is 0 Å². The predicted octanol–water partition coefficient (Wildman–Crippen LogP) is 2.02. The van der Waals surface area contributed by atoms with Crippen molar-refractivity contribution in [3.8, 4) is 23.6 Å². The first-order valence-electron chi connectivity index (χ1n) is 5.09. The van der Waals surface area contributed by atoms with Gasteiger partial charge in [0, 0.05) is 0 Å². The number of nitriles is 2. The zero-order chi connectivity index (χ0) is 13.4. The molecule has 92 valence electrons. The fourth-order valence-electron chi connectivity index (χ4n) is 1.20. The molecule has 0 aromatic heterocycles. The second-order valence-electron chi connectivity index (χ2n) is 3.19. The molecule has 0 aliphatic heterocycles. The fraction of sp³-hybridized carbons (Fsp3) is 0.231. The van der Waals surface area contributed by atoms with Crippen LogP contribution in [-0.2, 0) is 4.74 Å². The lowest BCUT2D eigenvalue weighted by Gasteiger charge is -2.09. The van der Waals surface area contributed by atoms with Crippen LogP contribution in [0.3, 0.4) is 0 Å². The fourth-order valence-corrected chi connectivity index (χ4v) is 1.20. The van der Waals surface area contributed by atoms with E-state index in [-0.39, 0.29) is 17.9 Å². The summed E-state index contributed by atoms with van der Waals surface area (Å²) < 4.78 is 15.4. The normalized spacial score (nSPS) is 8.67. The molecule has 0 aliphatic carbocycles. The third kappa shape index (κ3) is 3.43. The molecule has 1 rings (SSSR count). The Morgan fingerprint density at radius 1 is 1.06 bits per heavy atom. The molecule has 1 aromatic rings. The van der Waals surface area contributed by atoms with Gasteiger partial charge < -0.3 is 14.2 Å². The summed E-state index contributed by atoms with van der Waals surface area (Å²) >= 11 is 0. The van der Waals surface area contributed by atoms with Gasteiger partial charge in [-0.3, -0.25) is 0 Å². The number of ether oxygens (including phenoxy) is 3. The number of methoxy groups -OCH3 is 2. The summed E-state index contributed by atoms with van der Waals surface area (Å²) in [5.74, 6) is 1.52. The molecule has 0 fully saturated rings. The molecular weight excluding hydrogens is 232 g/mol. The number of allylic oxidation sites excluding steroid dienone is 1. The maximum Gasteiger partial charge on any atom is 0.170 e. The molecule has 0 saturated heterocycles. The number of nitrogens with zero attached hydrogens (tertiary/aromatic N) is 2. The summed E-state index contributed by atoms with van der Waals surface area (Å²) in [6, 6.07) is 10.5. The first kappa shape index (κ1) is 13.4. The number of benzene rings is 1. The zero-order valence-electron chi connectivity index (χ0n) is 10.1. The van der Waals surface area contributed by atoms with Gasteiger partial charge in [0.1, 0.15) is 30.2 Å². The quantitative estimate of drug-likeness (QED) is 0.585. The summed E-state index contributed by atoms with van der Waals surface area (Å²) in [4.78, 5) is 0. The van der Waals surface area contributed by atoms with Gasteiger partial charge in [-0.15, -0.1) is 0 Å². The molecule has 0 heterocycles. The molecule has 5 nitrogen and oxygen atoms in total. The molecule has 0 aliphatic rings. The molecule has 0 amide bonds.